The van der Waals surface area contributed by atoms with Crippen LogP contribution in [-0.4, -0.2) is 43.3 Å². The number of para-hydroxylation sites is 1. The van der Waals surface area contributed by atoms with Crippen LogP contribution in [-0.2, 0) is 26.2 Å². The molecule has 0 heterocycles. The van der Waals surface area contributed by atoms with E-state index in [0.717, 1.165) is 21.5 Å². The number of hydrogen-bond donors (Lipinski definition) is 1. The minimum atomic E-state index is -4.33. The summed E-state index contributed by atoms with van der Waals surface area (Å²) in [5.74, 6) is -1.77. The van der Waals surface area contributed by atoms with E-state index in [1.54, 1.807) is 19.1 Å². The second kappa shape index (κ2) is 12.4. The van der Waals surface area contributed by atoms with Gasteiger partial charge in [-0.3, -0.25) is 13.9 Å². The lowest BCUT2D eigenvalue weighted by Crippen LogP contribution is -2.55. The highest BCUT2D eigenvalue weighted by molar-refractivity contribution is 7.92. The Labute approximate surface area is 230 Å². The van der Waals surface area contributed by atoms with Crippen LogP contribution in [0.3, 0.4) is 0 Å². The van der Waals surface area contributed by atoms with Crippen LogP contribution in [0.15, 0.2) is 83.8 Å². The predicted octanol–water partition coefficient (Wildman–Crippen LogP) is 5.05. The molecule has 7 nitrogen and oxygen atoms in total. The molecule has 0 spiro atoms. The summed E-state index contributed by atoms with van der Waals surface area (Å²) in [5.41, 5.74) is 0.831. The molecule has 3 aromatic rings. The van der Waals surface area contributed by atoms with Crippen molar-refractivity contribution in [2.24, 2.45) is 0 Å². The van der Waals surface area contributed by atoms with Crippen LogP contribution in [0.4, 0.5) is 10.1 Å². The molecule has 2 amide bonds. The minimum absolute atomic E-state index is 0.0729. The van der Waals surface area contributed by atoms with E-state index in [9.17, 15) is 22.4 Å². The second-order valence-electron chi connectivity index (χ2n) is 10.4. The Balaban J connectivity index is 2.07. The van der Waals surface area contributed by atoms with E-state index in [2.05, 4.69) is 5.32 Å². The summed E-state index contributed by atoms with van der Waals surface area (Å²) in [5, 5.41) is 2.92. The van der Waals surface area contributed by atoms with Crippen molar-refractivity contribution in [2.75, 3.05) is 10.8 Å². The highest BCUT2D eigenvalue weighted by atomic mass is 32.2. The smallest absolute Gasteiger partial charge is 0.264 e. The van der Waals surface area contributed by atoms with Crippen LogP contribution in [0.2, 0.25) is 0 Å². The molecule has 0 aromatic heterocycles. The summed E-state index contributed by atoms with van der Waals surface area (Å²) in [6.45, 7) is 8.52. The van der Waals surface area contributed by atoms with E-state index in [-0.39, 0.29) is 23.0 Å². The number of rotatable bonds is 10. The Hall–Kier alpha value is -3.72. The SMILES string of the molecule is CC[C@H](C(=O)NC(C)(C)C)N(Cc1ccccc1)C(=O)CN(c1ccccc1F)S(=O)(=O)c1ccc(C)cc1. The molecule has 0 aliphatic rings. The number of hydrogen-bond acceptors (Lipinski definition) is 4. The van der Waals surface area contributed by atoms with Crippen molar-refractivity contribution in [3.8, 4) is 0 Å². The van der Waals surface area contributed by atoms with Gasteiger partial charge in [0.1, 0.15) is 18.4 Å². The fourth-order valence-electron chi connectivity index (χ4n) is 4.16. The summed E-state index contributed by atoms with van der Waals surface area (Å²) >= 11 is 0. The molecular formula is C30H36FN3O4S. The number of nitrogens with zero attached hydrogens (tertiary/aromatic N) is 2. The molecule has 3 aromatic carbocycles. The third kappa shape index (κ3) is 7.66. The first kappa shape index (κ1) is 29.8. The van der Waals surface area contributed by atoms with Crippen molar-refractivity contribution in [2.45, 2.75) is 64.1 Å². The summed E-state index contributed by atoms with van der Waals surface area (Å²) in [4.78, 5) is 28.5. The van der Waals surface area contributed by atoms with Gasteiger partial charge in [-0.2, -0.15) is 0 Å². The molecule has 0 saturated carbocycles. The maximum absolute atomic E-state index is 15.0. The van der Waals surface area contributed by atoms with Gasteiger partial charge in [0.2, 0.25) is 11.8 Å². The van der Waals surface area contributed by atoms with Gasteiger partial charge in [0.25, 0.3) is 10.0 Å². The zero-order valence-electron chi connectivity index (χ0n) is 23.0. The summed E-state index contributed by atoms with van der Waals surface area (Å²) in [7, 11) is -4.33. The van der Waals surface area contributed by atoms with Gasteiger partial charge in [0.15, 0.2) is 0 Å². The molecule has 39 heavy (non-hydrogen) atoms. The molecule has 0 aliphatic heterocycles. The zero-order valence-corrected chi connectivity index (χ0v) is 23.8. The minimum Gasteiger partial charge on any atom is -0.350 e. The number of halogens is 1. The number of amides is 2. The fraction of sp³-hybridized carbons (Fsp3) is 0.333. The average Bonchev–Trinajstić information content (AvgIpc) is 2.87. The monoisotopic (exact) mass is 553 g/mol. The van der Waals surface area contributed by atoms with E-state index in [0.29, 0.717) is 6.42 Å². The highest BCUT2D eigenvalue weighted by Crippen LogP contribution is 2.27. The number of aryl methyl sites for hydroxylation is 1. The number of carbonyl (C=O) groups is 2. The summed E-state index contributed by atoms with van der Waals surface area (Å²) in [6, 6.07) is 19.8. The number of sulfonamides is 1. The standard InChI is InChI=1S/C30H36FN3O4S/c1-6-26(29(36)32-30(3,4)5)33(20-23-12-8-7-9-13-23)28(35)21-34(27-15-11-10-14-25(27)31)39(37,38)24-18-16-22(2)17-19-24/h7-19,26H,6,20-21H2,1-5H3,(H,32,36)/t26-/m1/s1. The molecule has 0 fully saturated rings. The predicted molar refractivity (Wildman–Crippen MR) is 151 cm³/mol. The largest absolute Gasteiger partial charge is 0.350 e. The van der Waals surface area contributed by atoms with Gasteiger partial charge in [-0.1, -0.05) is 67.1 Å². The van der Waals surface area contributed by atoms with Crippen molar-refractivity contribution in [3.05, 3.63) is 95.8 Å². The van der Waals surface area contributed by atoms with Gasteiger partial charge in [-0.25, -0.2) is 12.8 Å². The Morgan fingerprint density at radius 2 is 1.51 bits per heavy atom. The Morgan fingerprint density at radius 1 is 0.923 bits per heavy atom. The molecule has 9 heteroatoms. The van der Waals surface area contributed by atoms with E-state index in [1.165, 1.54) is 35.2 Å². The van der Waals surface area contributed by atoms with Crippen LogP contribution in [0.25, 0.3) is 0 Å². The quantitative estimate of drug-likeness (QED) is 0.381. The van der Waals surface area contributed by atoms with Crippen LogP contribution < -0.4 is 9.62 Å². The van der Waals surface area contributed by atoms with Gasteiger partial charge in [0.05, 0.1) is 10.6 Å². The maximum Gasteiger partial charge on any atom is 0.264 e. The van der Waals surface area contributed by atoms with Crippen LogP contribution >= 0.6 is 0 Å². The van der Waals surface area contributed by atoms with Gasteiger partial charge in [0, 0.05) is 12.1 Å². The van der Waals surface area contributed by atoms with E-state index < -0.39 is 39.9 Å². The molecular weight excluding hydrogens is 517 g/mol. The first-order chi connectivity index (χ1) is 18.3. The van der Waals surface area contributed by atoms with E-state index >= 15 is 0 Å². The molecule has 0 unspecified atom stereocenters. The lowest BCUT2D eigenvalue weighted by atomic mass is 10.1. The molecule has 0 saturated heterocycles. The Morgan fingerprint density at radius 3 is 2.08 bits per heavy atom. The molecule has 3 rings (SSSR count). The third-order valence-electron chi connectivity index (χ3n) is 6.09. The molecule has 1 atom stereocenters. The Kier molecular flexibility index (Phi) is 9.50. The number of anilines is 1. The van der Waals surface area contributed by atoms with Crippen molar-refractivity contribution in [1.82, 2.24) is 10.2 Å². The van der Waals surface area contributed by atoms with Crippen LogP contribution in [0.5, 0.6) is 0 Å². The first-order valence-electron chi connectivity index (χ1n) is 12.8. The maximum atomic E-state index is 15.0. The summed E-state index contributed by atoms with van der Waals surface area (Å²) in [6.07, 6.45) is 0.297. The van der Waals surface area contributed by atoms with Crippen molar-refractivity contribution in [3.63, 3.8) is 0 Å². The molecule has 0 bridgehead atoms. The zero-order chi connectivity index (χ0) is 28.8. The second-order valence-corrected chi connectivity index (χ2v) is 12.3. The van der Waals surface area contributed by atoms with Crippen molar-refractivity contribution in [1.29, 1.82) is 0 Å². The Bertz CT molecular complexity index is 1390. The van der Waals surface area contributed by atoms with Gasteiger partial charge < -0.3 is 10.2 Å². The van der Waals surface area contributed by atoms with Crippen molar-refractivity contribution < 1.29 is 22.4 Å². The number of carbonyl (C=O) groups excluding carboxylic acids is 2. The molecule has 208 valence electrons. The van der Waals surface area contributed by atoms with E-state index in [1.807, 2.05) is 58.0 Å². The number of nitrogens with one attached hydrogen (secondary N) is 1. The topological polar surface area (TPSA) is 86.8 Å². The molecule has 0 aliphatic carbocycles. The summed E-state index contributed by atoms with van der Waals surface area (Å²) < 4.78 is 43.3. The fourth-order valence-corrected chi connectivity index (χ4v) is 5.58. The lowest BCUT2D eigenvalue weighted by Gasteiger charge is -2.34. The normalized spacial score (nSPS) is 12.5. The lowest BCUT2D eigenvalue weighted by molar-refractivity contribution is -0.141. The van der Waals surface area contributed by atoms with Gasteiger partial charge in [-0.15, -0.1) is 0 Å². The average molecular weight is 554 g/mol. The molecule has 1 N–H and O–H groups in total. The van der Waals surface area contributed by atoms with Crippen molar-refractivity contribution >= 4 is 27.5 Å². The number of benzene rings is 3. The van der Waals surface area contributed by atoms with Gasteiger partial charge >= 0.3 is 0 Å². The molecule has 0 radical (unpaired) electrons. The van der Waals surface area contributed by atoms with Crippen LogP contribution in [0.1, 0.15) is 45.2 Å². The highest BCUT2D eigenvalue weighted by Gasteiger charge is 2.35. The first-order valence-corrected chi connectivity index (χ1v) is 14.3. The van der Waals surface area contributed by atoms with Crippen LogP contribution in [0, 0.1) is 12.7 Å². The van der Waals surface area contributed by atoms with E-state index in [4.69, 9.17) is 0 Å². The third-order valence-corrected chi connectivity index (χ3v) is 7.86. The van der Waals surface area contributed by atoms with Gasteiger partial charge in [-0.05, 0) is 63.9 Å².